The van der Waals surface area contributed by atoms with E-state index in [-0.39, 0.29) is 0 Å². The third-order valence-electron chi connectivity index (χ3n) is 5.23. The highest BCUT2D eigenvalue weighted by atomic mass is 14.7. The number of fused-ring (bicyclic) bond motifs is 2. The fraction of sp³-hybridized carbons (Fsp3) is 0. The van der Waals surface area contributed by atoms with Crippen molar-refractivity contribution < 1.29 is 0 Å². The molecular formula is C26H14N4. The zero-order chi connectivity index (χ0) is 20.5. The molecule has 2 aromatic heterocycles. The molecule has 4 nitrogen and oxygen atoms in total. The lowest BCUT2D eigenvalue weighted by Gasteiger charge is -2.17. The van der Waals surface area contributed by atoms with Gasteiger partial charge in [0.25, 0.3) is 0 Å². The molecule has 0 saturated heterocycles. The van der Waals surface area contributed by atoms with E-state index in [2.05, 4.69) is 45.1 Å². The van der Waals surface area contributed by atoms with Gasteiger partial charge in [-0.25, -0.2) is 4.85 Å². The van der Waals surface area contributed by atoms with Crippen molar-refractivity contribution in [3.63, 3.8) is 0 Å². The van der Waals surface area contributed by atoms with Crippen LogP contribution in [0.3, 0.4) is 0 Å². The Balaban J connectivity index is 1.97. The summed E-state index contributed by atoms with van der Waals surface area (Å²) in [6, 6.07) is 22.4. The second-order valence-electron chi connectivity index (χ2n) is 6.96. The van der Waals surface area contributed by atoms with Crippen LogP contribution >= 0.6 is 0 Å². The number of benzene rings is 3. The van der Waals surface area contributed by atoms with Crippen molar-refractivity contribution >= 4 is 27.2 Å². The van der Waals surface area contributed by atoms with Gasteiger partial charge in [0, 0.05) is 30.4 Å². The van der Waals surface area contributed by atoms with Crippen LogP contribution in [0.4, 0.5) is 5.69 Å². The van der Waals surface area contributed by atoms with Crippen LogP contribution in [0.2, 0.25) is 0 Å². The Bertz CT molecular complexity index is 1350. The lowest BCUT2D eigenvalue weighted by molar-refractivity contribution is 1.31. The molecule has 5 aromatic rings. The Morgan fingerprint density at radius 3 is 1.70 bits per heavy atom. The van der Waals surface area contributed by atoms with Gasteiger partial charge in [-0.3, -0.25) is 9.97 Å². The van der Waals surface area contributed by atoms with Crippen LogP contribution in [-0.4, -0.2) is 9.97 Å². The molecule has 0 aliphatic carbocycles. The Morgan fingerprint density at radius 1 is 0.700 bits per heavy atom. The van der Waals surface area contributed by atoms with Gasteiger partial charge in [0.1, 0.15) is 6.07 Å². The molecule has 0 aliphatic heterocycles. The van der Waals surface area contributed by atoms with E-state index in [4.69, 9.17) is 6.57 Å². The maximum absolute atomic E-state index is 9.36. The molecule has 0 N–H and O–H groups in total. The van der Waals surface area contributed by atoms with E-state index in [1.165, 1.54) is 0 Å². The van der Waals surface area contributed by atoms with Gasteiger partial charge in [-0.05, 0) is 50.4 Å². The predicted octanol–water partition coefficient (Wildman–Crippen LogP) is 6.54. The molecule has 30 heavy (non-hydrogen) atoms. The fourth-order valence-corrected chi connectivity index (χ4v) is 4.01. The molecule has 4 heteroatoms. The van der Waals surface area contributed by atoms with Gasteiger partial charge in [-0.1, -0.05) is 48.5 Å². The van der Waals surface area contributed by atoms with Crippen LogP contribution in [0.25, 0.3) is 48.6 Å². The molecule has 3 aromatic carbocycles. The standard InChI is InChI=1S/C26H14N4/c1-28-20-11-19(15-30-16-20)26-23-8-4-2-6-21(23)25(22-7-3-5-9-24(22)26)18-10-17(12-27)13-29-14-18/h2-11,13-16H. The first-order chi connectivity index (χ1) is 14.8. The molecule has 0 atom stereocenters. The zero-order valence-electron chi connectivity index (χ0n) is 15.9. The third kappa shape index (κ3) is 2.76. The summed E-state index contributed by atoms with van der Waals surface area (Å²) >= 11 is 0. The average Bonchev–Trinajstić information content (AvgIpc) is 2.82. The van der Waals surface area contributed by atoms with Crippen LogP contribution in [0.5, 0.6) is 0 Å². The first-order valence-corrected chi connectivity index (χ1v) is 9.42. The maximum atomic E-state index is 9.36. The normalized spacial score (nSPS) is 10.6. The summed E-state index contributed by atoms with van der Waals surface area (Å²) in [7, 11) is 0. The minimum Gasteiger partial charge on any atom is -0.276 e. The van der Waals surface area contributed by atoms with Crippen molar-refractivity contribution in [3.8, 4) is 28.3 Å². The highest BCUT2D eigenvalue weighted by molar-refractivity contribution is 6.21. The summed E-state index contributed by atoms with van der Waals surface area (Å²) in [6.45, 7) is 7.37. The van der Waals surface area contributed by atoms with E-state index in [0.29, 0.717) is 11.3 Å². The summed E-state index contributed by atoms with van der Waals surface area (Å²) in [5, 5.41) is 13.6. The quantitative estimate of drug-likeness (QED) is 0.257. The first-order valence-electron chi connectivity index (χ1n) is 9.42. The van der Waals surface area contributed by atoms with Gasteiger partial charge in [0.05, 0.1) is 12.1 Å². The van der Waals surface area contributed by atoms with E-state index in [1.807, 2.05) is 36.4 Å². The third-order valence-corrected chi connectivity index (χ3v) is 5.23. The Hall–Kier alpha value is -4.54. The molecule has 2 heterocycles. The van der Waals surface area contributed by atoms with Crippen molar-refractivity contribution in [1.82, 2.24) is 9.97 Å². The minimum atomic E-state index is 0.510. The van der Waals surface area contributed by atoms with Gasteiger partial charge < -0.3 is 0 Å². The van der Waals surface area contributed by atoms with Crippen LogP contribution in [0, 0.1) is 17.9 Å². The number of rotatable bonds is 2. The van der Waals surface area contributed by atoms with Crippen molar-refractivity contribution in [3.05, 3.63) is 102 Å². The first kappa shape index (κ1) is 17.6. The van der Waals surface area contributed by atoms with Crippen LogP contribution in [0.15, 0.2) is 85.5 Å². The topological polar surface area (TPSA) is 53.9 Å². The van der Waals surface area contributed by atoms with Crippen LogP contribution in [0.1, 0.15) is 5.56 Å². The van der Waals surface area contributed by atoms with Crippen LogP contribution in [-0.2, 0) is 0 Å². The number of pyridine rings is 2. The largest absolute Gasteiger partial charge is 0.276 e. The molecule has 0 bridgehead atoms. The van der Waals surface area contributed by atoms with Crippen molar-refractivity contribution in [2.45, 2.75) is 0 Å². The SMILES string of the molecule is [C-]#[N+]c1cncc(-c2c3ccccc3c(-c3cncc(C#N)c3)c3ccccc23)c1. The Morgan fingerprint density at radius 2 is 1.20 bits per heavy atom. The van der Waals surface area contributed by atoms with Gasteiger partial charge in [0.2, 0.25) is 5.69 Å². The molecule has 0 spiro atoms. The van der Waals surface area contributed by atoms with Crippen molar-refractivity contribution in [1.29, 1.82) is 5.26 Å². The molecule has 0 fully saturated rings. The Kier molecular flexibility index (Phi) is 4.17. The second kappa shape index (κ2) is 7.13. The molecule has 138 valence electrons. The molecule has 5 rings (SSSR count). The number of hydrogen-bond donors (Lipinski definition) is 0. The Labute approximate surface area is 173 Å². The molecule has 0 amide bonds. The van der Waals surface area contributed by atoms with E-state index in [0.717, 1.165) is 43.8 Å². The minimum absolute atomic E-state index is 0.510. The van der Waals surface area contributed by atoms with E-state index >= 15 is 0 Å². The van der Waals surface area contributed by atoms with Gasteiger partial charge in [-0.15, -0.1) is 0 Å². The van der Waals surface area contributed by atoms with Gasteiger partial charge in [-0.2, -0.15) is 5.26 Å². The smallest absolute Gasteiger partial charge is 0.205 e. The van der Waals surface area contributed by atoms with E-state index in [1.54, 1.807) is 24.8 Å². The molecule has 0 saturated carbocycles. The lowest BCUT2D eigenvalue weighted by Crippen LogP contribution is -1.92. The maximum Gasteiger partial charge on any atom is 0.205 e. The zero-order valence-corrected chi connectivity index (χ0v) is 15.9. The summed E-state index contributed by atoms with van der Waals surface area (Å²) in [5.74, 6) is 0. The monoisotopic (exact) mass is 382 g/mol. The summed E-state index contributed by atoms with van der Waals surface area (Å²) < 4.78 is 0. The number of nitrogens with zero attached hydrogens (tertiary/aromatic N) is 4. The van der Waals surface area contributed by atoms with Crippen LogP contribution < -0.4 is 0 Å². The molecule has 0 radical (unpaired) electrons. The summed E-state index contributed by atoms with van der Waals surface area (Å²) in [5.41, 5.74) is 4.94. The summed E-state index contributed by atoms with van der Waals surface area (Å²) in [6.07, 6.45) is 6.76. The molecular weight excluding hydrogens is 368 g/mol. The summed E-state index contributed by atoms with van der Waals surface area (Å²) in [4.78, 5) is 12.1. The number of aromatic nitrogens is 2. The highest BCUT2D eigenvalue weighted by Gasteiger charge is 2.17. The van der Waals surface area contributed by atoms with E-state index < -0.39 is 0 Å². The number of hydrogen-bond acceptors (Lipinski definition) is 3. The average molecular weight is 382 g/mol. The predicted molar refractivity (Wildman–Crippen MR) is 119 cm³/mol. The van der Waals surface area contributed by atoms with Gasteiger partial charge in [0.15, 0.2) is 0 Å². The lowest BCUT2D eigenvalue weighted by atomic mass is 9.86. The highest BCUT2D eigenvalue weighted by Crippen LogP contribution is 2.43. The van der Waals surface area contributed by atoms with E-state index in [9.17, 15) is 5.26 Å². The second-order valence-corrected chi connectivity index (χ2v) is 6.96. The molecule has 0 aliphatic rings. The van der Waals surface area contributed by atoms with Crippen molar-refractivity contribution in [2.24, 2.45) is 0 Å². The fourth-order valence-electron chi connectivity index (χ4n) is 4.01. The number of nitriles is 1. The van der Waals surface area contributed by atoms with Crippen molar-refractivity contribution in [2.75, 3.05) is 0 Å². The van der Waals surface area contributed by atoms with Gasteiger partial charge >= 0.3 is 0 Å². The molecule has 0 unspecified atom stereocenters.